The molecule has 0 aromatic heterocycles. The van der Waals surface area contributed by atoms with Crippen molar-refractivity contribution in [3.05, 3.63) is 29.3 Å². The van der Waals surface area contributed by atoms with Crippen molar-refractivity contribution in [2.75, 3.05) is 7.11 Å². The Balaban J connectivity index is 3.08. The van der Waals surface area contributed by atoms with Gasteiger partial charge in [0.25, 0.3) is 0 Å². The maximum Gasteiger partial charge on any atom is 0.307 e. The summed E-state index contributed by atoms with van der Waals surface area (Å²) in [6.07, 6.45) is -0.110. The fraction of sp³-hybridized carbons (Fsp3) is 0.273. The van der Waals surface area contributed by atoms with Gasteiger partial charge in [0.15, 0.2) is 5.78 Å². The van der Waals surface area contributed by atoms with Crippen molar-refractivity contribution in [3.8, 4) is 5.75 Å². The zero-order valence-corrected chi connectivity index (χ0v) is 8.61. The number of aliphatic carboxylic acids is 1. The summed E-state index contributed by atoms with van der Waals surface area (Å²) in [6, 6.07) is 4.76. The number of rotatable bonds is 4. The molecule has 0 aliphatic carbocycles. The van der Waals surface area contributed by atoms with Crippen LogP contribution in [0.2, 0.25) is 0 Å². The van der Waals surface area contributed by atoms with Crippen LogP contribution in [0.1, 0.15) is 22.8 Å². The molecule has 1 rings (SSSR count). The number of carbonyl (C=O) groups excluding carboxylic acids is 1. The minimum absolute atomic E-state index is 0.0739. The number of ether oxygens (including phenoxy) is 1. The Morgan fingerprint density at radius 2 is 2.07 bits per heavy atom. The molecule has 0 atom stereocenters. The largest absolute Gasteiger partial charge is 0.496 e. The van der Waals surface area contributed by atoms with E-state index in [4.69, 9.17) is 9.84 Å². The zero-order valence-electron chi connectivity index (χ0n) is 8.61. The molecule has 15 heavy (non-hydrogen) atoms. The summed E-state index contributed by atoms with van der Waals surface area (Å²) in [5, 5.41) is 8.64. The second-order valence-corrected chi connectivity index (χ2v) is 3.15. The van der Waals surface area contributed by atoms with E-state index >= 15 is 0 Å². The highest BCUT2D eigenvalue weighted by atomic mass is 16.5. The normalized spacial score (nSPS) is 9.73. The van der Waals surface area contributed by atoms with Crippen LogP contribution in [-0.2, 0) is 11.2 Å². The van der Waals surface area contributed by atoms with Crippen molar-refractivity contribution in [3.63, 3.8) is 0 Å². The Labute approximate surface area is 87.5 Å². The quantitative estimate of drug-likeness (QED) is 0.762. The van der Waals surface area contributed by atoms with Gasteiger partial charge in [0, 0.05) is 11.1 Å². The van der Waals surface area contributed by atoms with Gasteiger partial charge in [-0.05, 0) is 13.0 Å². The lowest BCUT2D eigenvalue weighted by Gasteiger charge is -2.07. The molecule has 1 aromatic carbocycles. The van der Waals surface area contributed by atoms with Crippen molar-refractivity contribution in [1.82, 2.24) is 0 Å². The predicted octanol–water partition coefficient (Wildman–Crippen LogP) is 1.52. The van der Waals surface area contributed by atoms with E-state index in [1.54, 1.807) is 18.2 Å². The zero-order chi connectivity index (χ0) is 11.4. The minimum Gasteiger partial charge on any atom is -0.496 e. The van der Waals surface area contributed by atoms with E-state index in [0.717, 1.165) is 0 Å². The van der Waals surface area contributed by atoms with E-state index in [1.165, 1.54) is 14.0 Å². The molecular weight excluding hydrogens is 196 g/mol. The number of carboxylic acid groups (broad SMARTS) is 1. The molecule has 0 aliphatic rings. The Kier molecular flexibility index (Phi) is 3.44. The molecule has 0 fully saturated rings. The van der Waals surface area contributed by atoms with Crippen LogP contribution in [-0.4, -0.2) is 24.0 Å². The molecule has 1 aromatic rings. The van der Waals surface area contributed by atoms with Crippen LogP contribution in [0.5, 0.6) is 5.75 Å². The van der Waals surface area contributed by atoms with Gasteiger partial charge in [-0.2, -0.15) is 0 Å². The summed E-state index contributed by atoms with van der Waals surface area (Å²) < 4.78 is 5.02. The summed E-state index contributed by atoms with van der Waals surface area (Å²) in [7, 11) is 1.45. The van der Waals surface area contributed by atoms with E-state index < -0.39 is 5.97 Å². The molecule has 4 heteroatoms. The van der Waals surface area contributed by atoms with E-state index in [1.807, 2.05) is 0 Å². The number of Topliss-reactive ketones (excluding diaryl/α,β-unsaturated/α-hetero) is 1. The van der Waals surface area contributed by atoms with Gasteiger partial charge in [0.2, 0.25) is 0 Å². The Hall–Kier alpha value is -1.84. The summed E-state index contributed by atoms with van der Waals surface area (Å²) in [6.45, 7) is 1.45. The van der Waals surface area contributed by atoms with E-state index in [9.17, 15) is 9.59 Å². The van der Waals surface area contributed by atoms with Gasteiger partial charge >= 0.3 is 5.97 Å². The molecule has 0 heterocycles. The SMILES string of the molecule is COc1cc(C(C)=O)ccc1CC(=O)O. The van der Waals surface area contributed by atoms with Crippen molar-refractivity contribution >= 4 is 11.8 Å². The number of hydrogen-bond acceptors (Lipinski definition) is 3. The molecule has 80 valence electrons. The van der Waals surface area contributed by atoms with Crippen molar-refractivity contribution in [2.45, 2.75) is 13.3 Å². The molecule has 0 bridgehead atoms. The summed E-state index contributed by atoms with van der Waals surface area (Å²) >= 11 is 0. The van der Waals surface area contributed by atoms with Crippen LogP contribution < -0.4 is 4.74 Å². The van der Waals surface area contributed by atoms with Gasteiger partial charge in [0.1, 0.15) is 5.75 Å². The molecule has 0 spiro atoms. The maximum atomic E-state index is 11.1. The monoisotopic (exact) mass is 208 g/mol. The average Bonchev–Trinajstić information content (AvgIpc) is 2.17. The topological polar surface area (TPSA) is 63.6 Å². The first-order valence-corrected chi connectivity index (χ1v) is 4.44. The fourth-order valence-corrected chi connectivity index (χ4v) is 1.27. The summed E-state index contributed by atoms with van der Waals surface area (Å²) in [5.74, 6) is -0.566. The van der Waals surface area contributed by atoms with E-state index in [2.05, 4.69) is 0 Å². The molecule has 0 amide bonds. The molecule has 4 nitrogen and oxygen atoms in total. The second kappa shape index (κ2) is 4.59. The lowest BCUT2D eigenvalue weighted by molar-refractivity contribution is -0.136. The van der Waals surface area contributed by atoms with Crippen LogP contribution in [0.15, 0.2) is 18.2 Å². The van der Waals surface area contributed by atoms with Crippen LogP contribution in [0, 0.1) is 0 Å². The van der Waals surface area contributed by atoms with E-state index in [0.29, 0.717) is 16.9 Å². The standard InChI is InChI=1S/C11H12O4/c1-7(12)8-3-4-9(6-11(13)14)10(5-8)15-2/h3-5H,6H2,1-2H3,(H,13,14). The first-order chi connectivity index (χ1) is 7.04. The lowest BCUT2D eigenvalue weighted by Crippen LogP contribution is -2.03. The molecule has 0 saturated carbocycles. The third kappa shape index (κ3) is 2.80. The van der Waals surface area contributed by atoms with Crippen molar-refractivity contribution in [1.29, 1.82) is 0 Å². The third-order valence-corrected chi connectivity index (χ3v) is 2.04. The number of hydrogen-bond donors (Lipinski definition) is 1. The number of carbonyl (C=O) groups is 2. The first kappa shape index (κ1) is 11.2. The van der Waals surface area contributed by atoms with Gasteiger partial charge in [-0.25, -0.2) is 0 Å². The minimum atomic E-state index is -0.927. The molecular formula is C11H12O4. The highest BCUT2D eigenvalue weighted by molar-refractivity contribution is 5.94. The second-order valence-electron chi connectivity index (χ2n) is 3.15. The van der Waals surface area contributed by atoms with Gasteiger partial charge in [-0.15, -0.1) is 0 Å². The van der Waals surface area contributed by atoms with Crippen LogP contribution in [0.25, 0.3) is 0 Å². The van der Waals surface area contributed by atoms with Crippen LogP contribution >= 0.6 is 0 Å². The highest BCUT2D eigenvalue weighted by Gasteiger charge is 2.09. The number of methoxy groups -OCH3 is 1. The van der Waals surface area contributed by atoms with Crippen molar-refractivity contribution < 1.29 is 19.4 Å². The number of ketones is 1. The molecule has 0 unspecified atom stereocenters. The van der Waals surface area contributed by atoms with Gasteiger partial charge in [-0.3, -0.25) is 9.59 Å². The Morgan fingerprint density at radius 1 is 1.40 bits per heavy atom. The third-order valence-electron chi connectivity index (χ3n) is 2.04. The first-order valence-electron chi connectivity index (χ1n) is 4.44. The number of benzene rings is 1. The van der Waals surface area contributed by atoms with Crippen LogP contribution in [0.3, 0.4) is 0 Å². The molecule has 0 aliphatic heterocycles. The van der Waals surface area contributed by atoms with E-state index in [-0.39, 0.29) is 12.2 Å². The van der Waals surface area contributed by atoms with Gasteiger partial charge in [-0.1, -0.05) is 12.1 Å². The molecule has 0 radical (unpaired) electrons. The van der Waals surface area contributed by atoms with Gasteiger partial charge in [0.05, 0.1) is 13.5 Å². The average molecular weight is 208 g/mol. The van der Waals surface area contributed by atoms with Crippen LogP contribution in [0.4, 0.5) is 0 Å². The summed E-state index contributed by atoms with van der Waals surface area (Å²) in [5.41, 5.74) is 1.08. The fourth-order valence-electron chi connectivity index (χ4n) is 1.27. The maximum absolute atomic E-state index is 11.1. The Morgan fingerprint density at radius 3 is 2.53 bits per heavy atom. The molecule has 1 N–H and O–H groups in total. The molecule has 0 saturated heterocycles. The Bertz CT molecular complexity index is 396. The smallest absolute Gasteiger partial charge is 0.307 e. The lowest BCUT2D eigenvalue weighted by atomic mass is 10.1. The van der Waals surface area contributed by atoms with Gasteiger partial charge < -0.3 is 9.84 Å². The van der Waals surface area contributed by atoms with Crippen molar-refractivity contribution in [2.24, 2.45) is 0 Å². The summed E-state index contributed by atoms with van der Waals surface area (Å²) in [4.78, 5) is 21.6. The predicted molar refractivity (Wildman–Crippen MR) is 54.3 cm³/mol. The number of carboxylic acids is 1. The highest BCUT2D eigenvalue weighted by Crippen LogP contribution is 2.21.